The Morgan fingerprint density at radius 3 is 2.26 bits per heavy atom. The van der Waals surface area contributed by atoms with Crippen molar-refractivity contribution in [3.63, 3.8) is 0 Å². The van der Waals surface area contributed by atoms with Crippen LogP contribution in [0.5, 0.6) is 0 Å². The molecule has 0 N–H and O–H groups in total. The van der Waals surface area contributed by atoms with Gasteiger partial charge < -0.3 is 19.1 Å². The number of methoxy groups -OCH3 is 1. The highest BCUT2D eigenvalue weighted by molar-refractivity contribution is 7.09. The number of fused-ring (bicyclic) bond motifs is 1. The van der Waals surface area contributed by atoms with Crippen LogP contribution < -0.4 is 0 Å². The lowest BCUT2D eigenvalue weighted by Crippen LogP contribution is -2.44. The number of imide groups is 1. The molecule has 0 bridgehead atoms. The first-order valence-corrected chi connectivity index (χ1v) is 13.8. The van der Waals surface area contributed by atoms with Crippen molar-refractivity contribution in [2.24, 2.45) is 5.92 Å². The minimum Gasteiger partial charge on any atom is -0.464 e. The third-order valence-corrected chi connectivity index (χ3v) is 7.26. The van der Waals surface area contributed by atoms with E-state index in [1.54, 1.807) is 41.6 Å². The summed E-state index contributed by atoms with van der Waals surface area (Å²) in [6.45, 7) is 9.88. The minimum atomic E-state index is -0.641. The summed E-state index contributed by atoms with van der Waals surface area (Å²) < 4.78 is 16.6. The van der Waals surface area contributed by atoms with Gasteiger partial charge in [-0.2, -0.15) is 0 Å². The van der Waals surface area contributed by atoms with E-state index in [-0.39, 0.29) is 42.6 Å². The number of carbonyl (C=O) groups is 4. The molecule has 3 rings (SSSR count). The zero-order chi connectivity index (χ0) is 28.9. The first-order chi connectivity index (χ1) is 18.3. The van der Waals surface area contributed by atoms with E-state index in [0.717, 1.165) is 0 Å². The van der Waals surface area contributed by atoms with Crippen LogP contribution in [0.2, 0.25) is 0 Å². The third kappa shape index (κ3) is 7.42. The number of thiazole rings is 1. The summed E-state index contributed by atoms with van der Waals surface area (Å²) in [5.74, 6) is -1.11. The Morgan fingerprint density at radius 1 is 1.10 bits per heavy atom. The van der Waals surface area contributed by atoms with Gasteiger partial charge in [0.15, 0.2) is 5.69 Å². The van der Waals surface area contributed by atoms with Gasteiger partial charge >= 0.3 is 12.1 Å². The number of benzene rings is 1. The molecule has 0 unspecified atom stereocenters. The Labute approximate surface area is 233 Å². The molecule has 2 heterocycles. The summed E-state index contributed by atoms with van der Waals surface area (Å²) in [6, 6.07) is 6.51. The standard InChI is InChI=1S/C28H37N3O7S/c1-17(2)21(30(6)27(35)38-28(3,4)5)15-22(23-29-20(16-39-23)26(34)36-7)37-14-10-13-31-24(32)18-11-8-9-12-19(18)25(31)33/h8-9,11-12,16-17,21-22H,10,13-15H2,1-7H3/t21-,22-/m1/s1. The van der Waals surface area contributed by atoms with E-state index in [2.05, 4.69) is 4.98 Å². The molecule has 1 aromatic carbocycles. The number of rotatable bonds is 11. The normalized spacial score (nSPS) is 14.8. The largest absolute Gasteiger partial charge is 0.464 e. The van der Waals surface area contributed by atoms with Crippen molar-refractivity contribution >= 4 is 35.2 Å². The molecule has 0 saturated carbocycles. The van der Waals surface area contributed by atoms with Crippen LogP contribution in [0.3, 0.4) is 0 Å². The highest BCUT2D eigenvalue weighted by Crippen LogP contribution is 2.31. The topological polar surface area (TPSA) is 115 Å². The van der Waals surface area contributed by atoms with Gasteiger partial charge in [-0.3, -0.25) is 14.5 Å². The van der Waals surface area contributed by atoms with Crippen LogP contribution in [-0.4, -0.2) is 77.6 Å². The quantitative estimate of drug-likeness (QED) is 0.216. The molecule has 39 heavy (non-hydrogen) atoms. The van der Waals surface area contributed by atoms with Gasteiger partial charge in [0.1, 0.15) is 16.7 Å². The summed E-state index contributed by atoms with van der Waals surface area (Å²) in [5, 5.41) is 2.18. The van der Waals surface area contributed by atoms with Crippen molar-refractivity contribution in [2.75, 3.05) is 27.3 Å². The van der Waals surface area contributed by atoms with Crippen LogP contribution in [0.15, 0.2) is 29.6 Å². The smallest absolute Gasteiger partial charge is 0.410 e. The first-order valence-electron chi connectivity index (χ1n) is 12.9. The zero-order valence-corrected chi connectivity index (χ0v) is 24.4. The second-order valence-corrected chi connectivity index (χ2v) is 11.6. The van der Waals surface area contributed by atoms with Crippen LogP contribution in [0.4, 0.5) is 4.79 Å². The van der Waals surface area contributed by atoms with Gasteiger partial charge in [0.05, 0.1) is 18.2 Å². The molecular formula is C28H37N3O7S. The van der Waals surface area contributed by atoms with E-state index >= 15 is 0 Å². The van der Waals surface area contributed by atoms with Crippen molar-refractivity contribution in [1.82, 2.24) is 14.8 Å². The molecule has 0 aliphatic carbocycles. The van der Waals surface area contributed by atoms with Crippen molar-refractivity contribution in [2.45, 2.75) is 65.2 Å². The number of aromatic nitrogens is 1. The number of esters is 1. The number of hydrogen-bond donors (Lipinski definition) is 0. The number of hydrogen-bond acceptors (Lipinski definition) is 9. The lowest BCUT2D eigenvalue weighted by Gasteiger charge is -2.34. The number of nitrogens with zero attached hydrogens (tertiary/aromatic N) is 3. The van der Waals surface area contributed by atoms with Gasteiger partial charge in [0, 0.05) is 38.0 Å². The Morgan fingerprint density at radius 2 is 1.72 bits per heavy atom. The maximum atomic E-state index is 12.8. The Kier molecular flexibility index (Phi) is 9.84. The van der Waals surface area contributed by atoms with Crippen LogP contribution in [0.25, 0.3) is 0 Å². The highest BCUT2D eigenvalue weighted by Gasteiger charge is 2.35. The molecule has 1 aromatic heterocycles. The van der Waals surface area contributed by atoms with E-state index < -0.39 is 23.8 Å². The summed E-state index contributed by atoms with van der Waals surface area (Å²) >= 11 is 1.27. The van der Waals surface area contributed by atoms with Gasteiger partial charge in [-0.25, -0.2) is 14.6 Å². The number of carbonyl (C=O) groups excluding carboxylic acids is 4. The molecule has 2 aromatic rings. The number of amides is 3. The average Bonchev–Trinajstić information content (AvgIpc) is 3.46. The number of ether oxygens (including phenoxy) is 3. The molecule has 1 aliphatic rings. The van der Waals surface area contributed by atoms with Crippen LogP contribution in [0, 0.1) is 5.92 Å². The molecule has 11 heteroatoms. The zero-order valence-electron chi connectivity index (χ0n) is 23.6. The highest BCUT2D eigenvalue weighted by atomic mass is 32.1. The summed E-state index contributed by atoms with van der Waals surface area (Å²) in [7, 11) is 2.99. The molecule has 0 spiro atoms. The van der Waals surface area contributed by atoms with Gasteiger partial charge in [0.2, 0.25) is 0 Å². The second kappa shape index (κ2) is 12.7. The van der Waals surface area contributed by atoms with Crippen molar-refractivity contribution in [3.05, 3.63) is 51.5 Å². The molecule has 0 radical (unpaired) electrons. The second-order valence-electron chi connectivity index (χ2n) is 10.7. The van der Waals surface area contributed by atoms with Gasteiger partial charge in [0.25, 0.3) is 11.8 Å². The van der Waals surface area contributed by atoms with Crippen molar-refractivity contribution in [3.8, 4) is 0 Å². The van der Waals surface area contributed by atoms with Gasteiger partial charge in [-0.1, -0.05) is 26.0 Å². The fourth-order valence-corrected chi connectivity index (χ4v) is 5.18. The van der Waals surface area contributed by atoms with Crippen LogP contribution in [0.1, 0.15) is 89.8 Å². The fourth-order valence-electron chi connectivity index (χ4n) is 4.33. The summed E-state index contributed by atoms with van der Waals surface area (Å²) in [6.07, 6.45) is -0.187. The molecular weight excluding hydrogens is 522 g/mol. The van der Waals surface area contributed by atoms with E-state index in [0.29, 0.717) is 29.0 Å². The molecule has 212 valence electrons. The molecule has 0 fully saturated rings. The Balaban J connectivity index is 1.72. The predicted molar refractivity (Wildman–Crippen MR) is 146 cm³/mol. The lowest BCUT2D eigenvalue weighted by molar-refractivity contribution is -0.00446. The van der Waals surface area contributed by atoms with Crippen LogP contribution in [-0.2, 0) is 14.2 Å². The van der Waals surface area contributed by atoms with Gasteiger partial charge in [-0.15, -0.1) is 11.3 Å². The van der Waals surface area contributed by atoms with Crippen LogP contribution >= 0.6 is 11.3 Å². The van der Waals surface area contributed by atoms with Crippen molar-refractivity contribution < 1.29 is 33.4 Å². The van der Waals surface area contributed by atoms with Gasteiger partial charge in [-0.05, 0) is 45.2 Å². The van der Waals surface area contributed by atoms with E-state index in [4.69, 9.17) is 14.2 Å². The Bertz CT molecular complexity index is 1170. The molecule has 10 nitrogen and oxygen atoms in total. The van der Waals surface area contributed by atoms with E-state index in [1.165, 1.54) is 23.3 Å². The minimum absolute atomic E-state index is 0.0620. The van der Waals surface area contributed by atoms with E-state index in [9.17, 15) is 19.2 Å². The summed E-state index contributed by atoms with van der Waals surface area (Å²) in [5.41, 5.74) is 0.352. The maximum Gasteiger partial charge on any atom is 0.410 e. The molecule has 0 saturated heterocycles. The van der Waals surface area contributed by atoms with Crippen molar-refractivity contribution in [1.29, 1.82) is 0 Å². The Hall–Kier alpha value is -3.31. The maximum absolute atomic E-state index is 12.8. The first kappa shape index (κ1) is 30.2. The van der Waals surface area contributed by atoms with E-state index in [1.807, 2.05) is 34.6 Å². The molecule has 2 atom stereocenters. The molecule has 3 amide bonds. The SMILES string of the molecule is COC(=O)c1csc([C@@H](C[C@H](C(C)C)N(C)C(=O)OC(C)(C)C)OCCCN2C(=O)c3ccccc3C2=O)n1. The molecule has 1 aliphatic heterocycles. The fraction of sp³-hybridized carbons (Fsp3) is 0.536. The third-order valence-electron chi connectivity index (χ3n) is 6.32. The predicted octanol–water partition coefficient (Wildman–Crippen LogP) is 4.96. The summed E-state index contributed by atoms with van der Waals surface area (Å²) in [4.78, 5) is 57.4. The monoisotopic (exact) mass is 559 g/mol. The lowest BCUT2D eigenvalue weighted by atomic mass is 9.96. The average molecular weight is 560 g/mol.